The molecule has 6 rings (SSSR count). The monoisotopic (exact) mass is 575 g/mol. The molecule has 3 aromatic carbocycles. The number of ether oxygens (including phenoxy) is 2. The van der Waals surface area contributed by atoms with Crippen molar-refractivity contribution in [1.82, 2.24) is 19.4 Å². The molecule has 0 saturated carbocycles. The van der Waals surface area contributed by atoms with Crippen LogP contribution in [0.15, 0.2) is 91.3 Å². The molecule has 218 valence electrons. The van der Waals surface area contributed by atoms with Crippen molar-refractivity contribution in [2.75, 3.05) is 38.3 Å². The third-order valence-corrected chi connectivity index (χ3v) is 7.70. The maximum absolute atomic E-state index is 14.1. The maximum atomic E-state index is 14.1. The molecule has 0 spiro atoms. The largest absolute Gasteiger partial charge is 0.494 e. The summed E-state index contributed by atoms with van der Waals surface area (Å²) in [6, 6.07) is 24.8. The Hall–Kier alpha value is -5.18. The number of hydrogen-bond donors (Lipinski definition) is 0. The summed E-state index contributed by atoms with van der Waals surface area (Å²) in [5, 5.41) is 1.01. The minimum Gasteiger partial charge on any atom is -0.494 e. The Morgan fingerprint density at radius 1 is 0.953 bits per heavy atom. The lowest BCUT2D eigenvalue weighted by atomic mass is 10.1. The Balaban J connectivity index is 1.34. The van der Waals surface area contributed by atoms with Gasteiger partial charge in [0.15, 0.2) is 0 Å². The zero-order valence-corrected chi connectivity index (χ0v) is 24.4. The number of piperazine rings is 1. The highest BCUT2D eigenvalue weighted by Crippen LogP contribution is 2.28. The lowest BCUT2D eigenvalue weighted by Gasteiger charge is -2.40. The Morgan fingerprint density at radius 3 is 2.56 bits per heavy atom. The molecule has 0 unspecified atom stereocenters. The van der Waals surface area contributed by atoms with Crippen molar-refractivity contribution >= 4 is 28.5 Å². The first-order valence-corrected chi connectivity index (χ1v) is 14.3. The number of aryl methyl sites for hydroxylation is 1. The van der Waals surface area contributed by atoms with E-state index in [2.05, 4.69) is 16.0 Å². The molecule has 1 aliphatic heterocycles. The van der Waals surface area contributed by atoms with Crippen molar-refractivity contribution in [2.45, 2.75) is 19.9 Å². The van der Waals surface area contributed by atoms with E-state index in [4.69, 9.17) is 14.5 Å². The summed E-state index contributed by atoms with van der Waals surface area (Å²) in [7, 11) is 1.34. The zero-order valence-electron chi connectivity index (χ0n) is 24.4. The Morgan fingerprint density at radius 2 is 1.77 bits per heavy atom. The van der Waals surface area contributed by atoms with E-state index in [1.807, 2.05) is 91.2 Å². The first-order chi connectivity index (χ1) is 20.9. The maximum Gasteiger partial charge on any atom is 0.330 e. The van der Waals surface area contributed by atoms with Crippen LogP contribution in [0.4, 0.5) is 5.69 Å². The number of carbonyl (C=O) groups excluding carboxylic acids is 2. The summed E-state index contributed by atoms with van der Waals surface area (Å²) < 4.78 is 12.8. The molecule has 0 bridgehead atoms. The summed E-state index contributed by atoms with van der Waals surface area (Å²) in [5.74, 6) is 0.531. The van der Waals surface area contributed by atoms with Crippen molar-refractivity contribution in [3.05, 3.63) is 103 Å². The molecule has 43 heavy (non-hydrogen) atoms. The zero-order chi connectivity index (χ0) is 29.9. The van der Waals surface area contributed by atoms with Crippen molar-refractivity contribution in [1.29, 1.82) is 0 Å². The van der Waals surface area contributed by atoms with Gasteiger partial charge < -0.3 is 19.3 Å². The molecule has 0 N–H and O–H groups in total. The number of rotatable bonds is 7. The van der Waals surface area contributed by atoms with Gasteiger partial charge >= 0.3 is 5.97 Å². The molecule has 1 fully saturated rings. The van der Waals surface area contributed by atoms with Crippen LogP contribution in [0.25, 0.3) is 28.0 Å². The van der Waals surface area contributed by atoms with E-state index in [0.29, 0.717) is 25.5 Å². The van der Waals surface area contributed by atoms with Gasteiger partial charge in [-0.05, 0) is 38.1 Å². The predicted octanol–water partition coefficient (Wildman–Crippen LogP) is 5.30. The number of nitrogens with zero attached hydrogens (tertiary/aromatic N) is 5. The van der Waals surface area contributed by atoms with Gasteiger partial charge in [0.25, 0.3) is 5.91 Å². The number of esters is 1. The van der Waals surface area contributed by atoms with Gasteiger partial charge in [-0.3, -0.25) is 14.3 Å². The van der Waals surface area contributed by atoms with Crippen molar-refractivity contribution in [2.24, 2.45) is 0 Å². The van der Waals surface area contributed by atoms with Crippen LogP contribution in [0.1, 0.15) is 23.0 Å². The fourth-order valence-corrected chi connectivity index (χ4v) is 5.45. The summed E-state index contributed by atoms with van der Waals surface area (Å²) in [4.78, 5) is 40.2. The Labute approximate surface area is 250 Å². The van der Waals surface area contributed by atoms with Crippen molar-refractivity contribution < 1.29 is 19.1 Å². The number of para-hydroxylation sites is 1. The van der Waals surface area contributed by atoms with Gasteiger partial charge in [-0.2, -0.15) is 0 Å². The topological polar surface area (TPSA) is 89.8 Å². The van der Waals surface area contributed by atoms with Crippen LogP contribution in [0.5, 0.6) is 5.75 Å². The number of hydrogen-bond acceptors (Lipinski definition) is 7. The summed E-state index contributed by atoms with van der Waals surface area (Å²) >= 11 is 0. The number of amides is 1. The summed E-state index contributed by atoms with van der Waals surface area (Å²) in [6.07, 6.45) is 3.54. The van der Waals surface area contributed by atoms with E-state index in [1.54, 1.807) is 17.3 Å². The molecule has 9 nitrogen and oxygen atoms in total. The normalized spacial score (nSPS) is 15.0. The first kappa shape index (κ1) is 28.0. The van der Waals surface area contributed by atoms with Crippen LogP contribution in [0.2, 0.25) is 0 Å². The highest BCUT2D eigenvalue weighted by Gasteiger charge is 2.38. The molecule has 1 saturated heterocycles. The van der Waals surface area contributed by atoms with E-state index >= 15 is 0 Å². The SMILES string of the molecule is CCOc1cccc(-n2cc(C(=O)N3CCN(c4cnc5ccccc5c4)C[C@H]3C(=O)OC)nc2-c2ccc(C)cc2)c1. The molecule has 3 heterocycles. The van der Waals surface area contributed by atoms with Gasteiger partial charge in [0.05, 0.1) is 36.8 Å². The average Bonchev–Trinajstić information content (AvgIpc) is 3.50. The van der Waals surface area contributed by atoms with Gasteiger partial charge in [0, 0.05) is 42.8 Å². The third kappa shape index (κ3) is 5.66. The second-order valence-electron chi connectivity index (χ2n) is 10.5. The van der Waals surface area contributed by atoms with E-state index in [0.717, 1.165) is 39.2 Å². The number of carbonyl (C=O) groups is 2. The summed E-state index contributed by atoms with van der Waals surface area (Å²) in [6.45, 7) is 5.63. The average molecular weight is 576 g/mol. The second kappa shape index (κ2) is 12.0. The minimum absolute atomic E-state index is 0.243. The van der Waals surface area contributed by atoms with Gasteiger partial charge in [-0.1, -0.05) is 54.1 Å². The van der Waals surface area contributed by atoms with Crippen LogP contribution in [-0.4, -0.2) is 70.7 Å². The molecule has 1 atom stereocenters. The van der Waals surface area contributed by atoms with Gasteiger partial charge in [-0.25, -0.2) is 9.78 Å². The molecule has 5 aromatic rings. The Bertz CT molecular complexity index is 1780. The van der Waals surface area contributed by atoms with Crippen LogP contribution < -0.4 is 9.64 Å². The van der Waals surface area contributed by atoms with Gasteiger partial charge in [-0.15, -0.1) is 0 Å². The number of pyridine rings is 1. The van der Waals surface area contributed by atoms with E-state index < -0.39 is 12.0 Å². The quantitative estimate of drug-likeness (QED) is 0.243. The minimum atomic E-state index is -0.813. The first-order valence-electron chi connectivity index (χ1n) is 14.3. The van der Waals surface area contributed by atoms with Gasteiger partial charge in [0.2, 0.25) is 0 Å². The molecule has 9 heteroatoms. The van der Waals surface area contributed by atoms with Crippen molar-refractivity contribution in [3.63, 3.8) is 0 Å². The standard InChI is InChI=1S/C34H33N5O4/c1-4-43-28-10-7-9-26(19-28)39-21-30(36-32(39)24-14-12-23(2)13-15-24)33(40)38-17-16-37(22-31(38)34(41)42-3)27-18-25-8-5-6-11-29(25)35-20-27/h5-15,18-21,31H,4,16-17,22H2,1-3H3/t31-/m0/s1. The molecular formula is C34H33N5O4. The van der Waals surface area contributed by atoms with Gasteiger partial charge in [0.1, 0.15) is 23.3 Å². The fourth-order valence-electron chi connectivity index (χ4n) is 5.45. The van der Waals surface area contributed by atoms with E-state index in [9.17, 15) is 9.59 Å². The van der Waals surface area contributed by atoms with Crippen LogP contribution in [-0.2, 0) is 9.53 Å². The van der Waals surface area contributed by atoms with Crippen LogP contribution >= 0.6 is 0 Å². The van der Waals surface area contributed by atoms with Crippen molar-refractivity contribution in [3.8, 4) is 22.8 Å². The molecule has 0 radical (unpaired) electrons. The third-order valence-electron chi connectivity index (χ3n) is 7.70. The lowest BCUT2D eigenvalue weighted by molar-refractivity contribution is -0.146. The van der Waals surface area contributed by atoms with E-state index in [-0.39, 0.29) is 18.1 Å². The second-order valence-corrected chi connectivity index (χ2v) is 10.5. The number of anilines is 1. The number of benzene rings is 3. The highest BCUT2D eigenvalue weighted by atomic mass is 16.5. The van der Waals surface area contributed by atoms with Crippen LogP contribution in [0, 0.1) is 6.92 Å². The van der Waals surface area contributed by atoms with E-state index in [1.165, 1.54) is 7.11 Å². The number of methoxy groups -OCH3 is 1. The molecule has 1 aliphatic rings. The molecule has 0 aliphatic carbocycles. The fraction of sp³-hybridized carbons (Fsp3) is 0.235. The number of imidazole rings is 1. The smallest absolute Gasteiger partial charge is 0.330 e. The molecular weight excluding hydrogens is 542 g/mol. The number of fused-ring (bicyclic) bond motifs is 1. The highest BCUT2D eigenvalue weighted by molar-refractivity contribution is 5.96. The molecule has 1 amide bonds. The number of aromatic nitrogens is 3. The summed E-state index contributed by atoms with van der Waals surface area (Å²) in [5.41, 5.74) is 4.83. The predicted molar refractivity (Wildman–Crippen MR) is 166 cm³/mol. The molecule has 2 aromatic heterocycles. The van der Waals surface area contributed by atoms with Crippen LogP contribution in [0.3, 0.4) is 0 Å². The lowest BCUT2D eigenvalue weighted by Crippen LogP contribution is -2.58. The Kier molecular flexibility index (Phi) is 7.79.